The van der Waals surface area contributed by atoms with Crippen LogP contribution in [0.2, 0.25) is 0 Å². The average Bonchev–Trinajstić information content (AvgIpc) is 3.17. The number of benzene rings is 2. The monoisotopic (exact) mass is 278 g/mol. The van der Waals surface area contributed by atoms with Crippen molar-refractivity contribution in [2.45, 2.75) is 12.6 Å². The summed E-state index contributed by atoms with van der Waals surface area (Å²) in [5, 5.41) is 3.51. The maximum Gasteiger partial charge on any atom is 0.0617 e. The molecule has 0 aliphatic carbocycles. The van der Waals surface area contributed by atoms with Gasteiger partial charge in [0.15, 0.2) is 0 Å². The zero-order valence-electron chi connectivity index (χ0n) is 11.7. The molecule has 106 valence electrons. The Labute approximate surface area is 123 Å². The Hall–Kier alpha value is -2.14. The highest BCUT2D eigenvalue weighted by Gasteiger charge is 2.23. The number of aromatic amines is 1. The third-order valence-electron chi connectivity index (χ3n) is 4.04. The quantitative estimate of drug-likeness (QED) is 0.690. The minimum absolute atomic E-state index is 0.330. The first-order chi connectivity index (χ1) is 10.4. The molecule has 2 heterocycles. The molecule has 21 heavy (non-hydrogen) atoms. The van der Waals surface area contributed by atoms with Gasteiger partial charge in [0.05, 0.1) is 6.04 Å². The van der Waals surface area contributed by atoms with Gasteiger partial charge in [-0.1, -0.05) is 48.5 Å². The average molecular weight is 278 g/mol. The lowest BCUT2D eigenvalue weighted by Crippen LogP contribution is -2.35. The van der Waals surface area contributed by atoms with Crippen LogP contribution >= 0.6 is 0 Å². The van der Waals surface area contributed by atoms with E-state index < -0.39 is 0 Å². The van der Waals surface area contributed by atoms with Gasteiger partial charge in [0.1, 0.15) is 0 Å². The summed E-state index contributed by atoms with van der Waals surface area (Å²) in [6.07, 6.45) is 2.10. The molecule has 4 heteroatoms. The lowest BCUT2D eigenvalue weighted by atomic mass is 10.1. The van der Waals surface area contributed by atoms with E-state index in [2.05, 4.69) is 81.7 Å². The van der Waals surface area contributed by atoms with Crippen LogP contribution < -0.4 is 11.0 Å². The van der Waals surface area contributed by atoms with E-state index >= 15 is 0 Å². The van der Waals surface area contributed by atoms with Crippen molar-refractivity contribution in [3.63, 3.8) is 0 Å². The molecule has 0 amide bonds. The molecular formula is C17H18N4. The lowest BCUT2D eigenvalue weighted by molar-refractivity contribution is 0.225. The Morgan fingerprint density at radius 2 is 1.81 bits per heavy atom. The normalized spacial score (nSPS) is 19.3. The van der Waals surface area contributed by atoms with E-state index in [-0.39, 0.29) is 0 Å². The summed E-state index contributed by atoms with van der Waals surface area (Å²) < 4.78 is 0. The Kier molecular flexibility index (Phi) is 3.20. The number of rotatable bonds is 3. The van der Waals surface area contributed by atoms with E-state index in [1.807, 2.05) is 0 Å². The fourth-order valence-corrected chi connectivity index (χ4v) is 2.93. The van der Waals surface area contributed by atoms with E-state index in [9.17, 15) is 0 Å². The second-order valence-electron chi connectivity index (χ2n) is 5.46. The first-order valence-corrected chi connectivity index (χ1v) is 7.26. The predicted octanol–water partition coefficient (Wildman–Crippen LogP) is 2.73. The number of para-hydroxylation sites is 1. The van der Waals surface area contributed by atoms with Gasteiger partial charge in [-0.25, -0.2) is 10.4 Å². The first kappa shape index (κ1) is 12.6. The van der Waals surface area contributed by atoms with Crippen LogP contribution in [0.3, 0.4) is 0 Å². The van der Waals surface area contributed by atoms with Crippen molar-refractivity contribution in [1.29, 1.82) is 0 Å². The topological polar surface area (TPSA) is 43.1 Å². The highest BCUT2D eigenvalue weighted by atomic mass is 15.7. The zero-order chi connectivity index (χ0) is 14.1. The molecular weight excluding hydrogens is 260 g/mol. The molecule has 0 spiro atoms. The number of nitrogens with one attached hydrogen (secondary N) is 3. The molecule has 4 rings (SSSR count). The smallest absolute Gasteiger partial charge is 0.0617 e. The van der Waals surface area contributed by atoms with Gasteiger partial charge in [-0.3, -0.25) is 0 Å². The van der Waals surface area contributed by atoms with Crippen LogP contribution in [0.1, 0.15) is 17.2 Å². The van der Waals surface area contributed by atoms with Crippen LogP contribution in [-0.4, -0.2) is 16.5 Å². The maximum absolute atomic E-state index is 3.35. The Morgan fingerprint density at radius 1 is 1.00 bits per heavy atom. The fraction of sp³-hybridized carbons (Fsp3) is 0.176. The molecule has 1 fully saturated rings. The van der Waals surface area contributed by atoms with Crippen molar-refractivity contribution >= 4 is 10.9 Å². The molecule has 0 radical (unpaired) electrons. The maximum atomic E-state index is 3.35. The van der Waals surface area contributed by atoms with E-state index in [1.54, 1.807) is 0 Å². The Bertz CT molecular complexity index is 735. The third kappa shape index (κ3) is 2.45. The zero-order valence-corrected chi connectivity index (χ0v) is 11.7. The van der Waals surface area contributed by atoms with Gasteiger partial charge >= 0.3 is 0 Å². The summed E-state index contributed by atoms with van der Waals surface area (Å²) in [4.78, 5) is 3.33. The lowest BCUT2D eigenvalue weighted by Gasteiger charge is -2.13. The van der Waals surface area contributed by atoms with Crippen LogP contribution in [0.4, 0.5) is 0 Å². The number of hydrogen-bond acceptors (Lipinski definition) is 3. The summed E-state index contributed by atoms with van der Waals surface area (Å²) in [6.45, 7) is 1.82. The van der Waals surface area contributed by atoms with E-state index in [0.29, 0.717) is 6.04 Å². The molecule has 0 saturated carbocycles. The summed E-state index contributed by atoms with van der Waals surface area (Å²) >= 11 is 0. The number of H-pyrrole nitrogens is 1. The number of nitrogens with zero attached hydrogens (tertiary/aromatic N) is 1. The molecule has 2 aromatic carbocycles. The predicted molar refractivity (Wildman–Crippen MR) is 84.2 cm³/mol. The van der Waals surface area contributed by atoms with Gasteiger partial charge in [0.2, 0.25) is 0 Å². The highest BCUT2D eigenvalue weighted by molar-refractivity contribution is 5.82. The van der Waals surface area contributed by atoms with Crippen LogP contribution in [-0.2, 0) is 6.54 Å². The van der Waals surface area contributed by atoms with Crippen molar-refractivity contribution in [1.82, 2.24) is 21.0 Å². The molecule has 1 aliphatic heterocycles. The molecule has 1 aromatic heterocycles. The van der Waals surface area contributed by atoms with Crippen molar-refractivity contribution in [2.75, 3.05) is 6.54 Å². The van der Waals surface area contributed by atoms with Crippen LogP contribution in [0.15, 0.2) is 60.8 Å². The summed E-state index contributed by atoms with van der Waals surface area (Å²) in [5.74, 6) is 0. The van der Waals surface area contributed by atoms with Crippen molar-refractivity contribution in [3.8, 4) is 0 Å². The number of aromatic nitrogens is 1. The van der Waals surface area contributed by atoms with Crippen molar-refractivity contribution in [3.05, 3.63) is 71.9 Å². The van der Waals surface area contributed by atoms with Crippen LogP contribution in [0.5, 0.6) is 0 Å². The van der Waals surface area contributed by atoms with Gasteiger partial charge < -0.3 is 4.98 Å². The van der Waals surface area contributed by atoms with E-state index in [0.717, 1.165) is 13.1 Å². The molecule has 4 nitrogen and oxygen atoms in total. The molecule has 3 aromatic rings. The van der Waals surface area contributed by atoms with Gasteiger partial charge in [-0.2, -0.15) is 5.53 Å². The third-order valence-corrected chi connectivity index (χ3v) is 4.04. The number of hydrazine groups is 2. The molecule has 1 atom stereocenters. The van der Waals surface area contributed by atoms with Gasteiger partial charge in [-0.05, 0) is 17.2 Å². The van der Waals surface area contributed by atoms with Gasteiger partial charge in [0.25, 0.3) is 0 Å². The largest absolute Gasteiger partial charge is 0.361 e. The fourth-order valence-electron chi connectivity index (χ4n) is 2.93. The van der Waals surface area contributed by atoms with Crippen LogP contribution in [0, 0.1) is 0 Å². The molecule has 1 aliphatic rings. The highest BCUT2D eigenvalue weighted by Crippen LogP contribution is 2.22. The SMILES string of the molecule is c1ccc(C2CN(Cc3c[nH]c4ccccc34)NN2)cc1. The molecule has 3 N–H and O–H groups in total. The molecule has 1 saturated heterocycles. The van der Waals surface area contributed by atoms with Gasteiger partial charge in [0, 0.05) is 30.2 Å². The minimum Gasteiger partial charge on any atom is -0.361 e. The van der Waals surface area contributed by atoms with E-state index in [1.165, 1.54) is 22.0 Å². The molecule has 0 bridgehead atoms. The van der Waals surface area contributed by atoms with Crippen LogP contribution in [0.25, 0.3) is 10.9 Å². The minimum atomic E-state index is 0.330. The second kappa shape index (κ2) is 5.33. The Balaban J connectivity index is 1.49. The van der Waals surface area contributed by atoms with Crippen molar-refractivity contribution < 1.29 is 0 Å². The summed E-state index contributed by atoms with van der Waals surface area (Å²) in [7, 11) is 0. The van der Waals surface area contributed by atoms with Crippen molar-refractivity contribution in [2.24, 2.45) is 0 Å². The first-order valence-electron chi connectivity index (χ1n) is 7.26. The number of hydrogen-bond donors (Lipinski definition) is 3. The molecule has 1 unspecified atom stereocenters. The number of fused-ring (bicyclic) bond motifs is 1. The summed E-state index contributed by atoms with van der Waals surface area (Å²) in [5.41, 5.74) is 10.4. The standard InChI is InChI=1S/C17H18N4/c1-2-6-13(7-3-1)17-12-21(20-19-17)11-14-10-18-16-9-5-4-8-15(14)16/h1-10,17-20H,11-12H2. The summed E-state index contributed by atoms with van der Waals surface area (Å²) in [6, 6.07) is 19.3. The Morgan fingerprint density at radius 3 is 2.71 bits per heavy atom. The van der Waals surface area contributed by atoms with E-state index in [4.69, 9.17) is 0 Å². The second-order valence-corrected chi connectivity index (χ2v) is 5.46. The van der Waals surface area contributed by atoms with Gasteiger partial charge in [-0.15, -0.1) is 0 Å².